The van der Waals surface area contributed by atoms with Crippen LogP contribution in [0.3, 0.4) is 0 Å². The first-order valence-corrected chi connectivity index (χ1v) is 11.2. The highest BCUT2D eigenvalue weighted by molar-refractivity contribution is 7.17. The fourth-order valence-electron chi connectivity index (χ4n) is 3.98. The molecule has 0 spiro atoms. The highest BCUT2D eigenvalue weighted by atomic mass is 32.1. The summed E-state index contributed by atoms with van der Waals surface area (Å²) in [6, 6.07) is 7.46. The predicted molar refractivity (Wildman–Crippen MR) is 116 cm³/mol. The van der Waals surface area contributed by atoms with Crippen LogP contribution in [-0.2, 0) is 6.54 Å². The maximum Gasteiger partial charge on any atom is 0.326 e. The monoisotopic (exact) mass is 426 g/mol. The molecule has 1 aromatic heterocycles. The molecule has 0 radical (unpaired) electrons. The predicted octanol–water partition coefficient (Wildman–Crippen LogP) is 3.72. The van der Waals surface area contributed by atoms with Crippen LogP contribution in [-0.4, -0.2) is 58.7 Å². The van der Waals surface area contributed by atoms with Crippen molar-refractivity contribution in [2.24, 2.45) is 0 Å². The molecule has 158 valence electrons. The maximum atomic E-state index is 12.9. The van der Waals surface area contributed by atoms with Gasteiger partial charge in [-0.05, 0) is 43.9 Å². The summed E-state index contributed by atoms with van der Waals surface area (Å²) in [5.74, 6) is 0.0593. The number of aromatic nitrogens is 1. The standard InChI is InChI=1S/C22H26N4O3S/c1-15-19(16(2)27)30-21(23-15)26-13-12-25(22(26)29)14-17-6-8-18(9-7-17)20(28)24-10-4-3-5-11-24/h6-9H,3-5,10-14H2,1-2H3. The first-order valence-electron chi connectivity index (χ1n) is 10.4. The lowest BCUT2D eigenvalue weighted by molar-refractivity contribution is 0.0724. The van der Waals surface area contributed by atoms with Gasteiger partial charge >= 0.3 is 6.03 Å². The topological polar surface area (TPSA) is 73.8 Å². The van der Waals surface area contributed by atoms with Crippen molar-refractivity contribution in [3.8, 4) is 0 Å². The van der Waals surface area contributed by atoms with Crippen LogP contribution < -0.4 is 4.90 Å². The summed E-state index contributed by atoms with van der Waals surface area (Å²) in [5, 5.41) is 0.577. The van der Waals surface area contributed by atoms with Gasteiger partial charge < -0.3 is 9.80 Å². The first-order chi connectivity index (χ1) is 14.4. The van der Waals surface area contributed by atoms with E-state index >= 15 is 0 Å². The van der Waals surface area contributed by atoms with E-state index in [-0.39, 0.29) is 17.7 Å². The molecule has 0 saturated carbocycles. The Labute approximate surface area is 180 Å². The normalized spacial score (nSPS) is 17.0. The molecule has 2 fully saturated rings. The number of anilines is 1. The first kappa shape index (κ1) is 20.5. The number of nitrogens with zero attached hydrogens (tertiary/aromatic N) is 4. The van der Waals surface area contributed by atoms with E-state index in [0.717, 1.165) is 31.5 Å². The molecule has 2 saturated heterocycles. The summed E-state index contributed by atoms with van der Waals surface area (Å²) in [6.45, 7) is 6.61. The van der Waals surface area contributed by atoms with Gasteiger partial charge in [0.15, 0.2) is 10.9 Å². The van der Waals surface area contributed by atoms with Crippen molar-refractivity contribution in [1.82, 2.24) is 14.8 Å². The lowest BCUT2D eigenvalue weighted by atomic mass is 10.1. The summed E-state index contributed by atoms with van der Waals surface area (Å²) in [4.78, 5) is 47.5. The molecule has 4 rings (SSSR count). The van der Waals surface area contributed by atoms with E-state index in [2.05, 4.69) is 4.98 Å². The van der Waals surface area contributed by atoms with Gasteiger partial charge in [0.2, 0.25) is 0 Å². The number of ketones is 1. The Morgan fingerprint density at radius 1 is 1.03 bits per heavy atom. The second kappa shape index (κ2) is 8.55. The number of Topliss-reactive ketones (excluding diaryl/α,β-unsaturated/α-hetero) is 1. The molecule has 2 aromatic rings. The van der Waals surface area contributed by atoms with Gasteiger partial charge in [0.25, 0.3) is 5.91 Å². The largest absolute Gasteiger partial charge is 0.339 e. The van der Waals surface area contributed by atoms with Gasteiger partial charge in [-0.15, -0.1) is 0 Å². The van der Waals surface area contributed by atoms with Gasteiger partial charge in [0.05, 0.1) is 10.6 Å². The number of benzene rings is 1. The lowest BCUT2D eigenvalue weighted by Crippen LogP contribution is -2.35. The number of carbonyl (C=O) groups is 3. The van der Waals surface area contributed by atoms with E-state index in [1.807, 2.05) is 29.2 Å². The number of piperidine rings is 1. The van der Waals surface area contributed by atoms with Crippen molar-refractivity contribution in [2.75, 3.05) is 31.1 Å². The molecule has 1 aromatic carbocycles. The molecular formula is C22H26N4O3S. The second-order valence-electron chi connectivity index (χ2n) is 7.87. The average Bonchev–Trinajstić information content (AvgIpc) is 3.31. The van der Waals surface area contributed by atoms with Crippen molar-refractivity contribution in [1.29, 1.82) is 0 Å². The smallest absolute Gasteiger partial charge is 0.326 e. The molecule has 0 unspecified atom stereocenters. The van der Waals surface area contributed by atoms with Gasteiger partial charge in [-0.1, -0.05) is 23.5 Å². The molecule has 7 nitrogen and oxygen atoms in total. The van der Waals surface area contributed by atoms with Crippen LogP contribution in [0, 0.1) is 6.92 Å². The van der Waals surface area contributed by atoms with E-state index in [1.54, 1.807) is 16.7 Å². The third kappa shape index (κ3) is 4.09. The third-order valence-electron chi connectivity index (χ3n) is 5.65. The van der Waals surface area contributed by atoms with Crippen molar-refractivity contribution < 1.29 is 14.4 Å². The van der Waals surface area contributed by atoms with Crippen LogP contribution in [0.1, 0.15) is 57.5 Å². The Morgan fingerprint density at radius 3 is 2.37 bits per heavy atom. The van der Waals surface area contributed by atoms with E-state index in [1.165, 1.54) is 24.7 Å². The number of amides is 3. The lowest BCUT2D eigenvalue weighted by Gasteiger charge is -2.26. The zero-order chi connectivity index (χ0) is 21.3. The summed E-state index contributed by atoms with van der Waals surface area (Å²) < 4.78 is 0. The van der Waals surface area contributed by atoms with E-state index < -0.39 is 0 Å². The number of hydrogen-bond donors (Lipinski definition) is 0. The molecule has 30 heavy (non-hydrogen) atoms. The molecule has 0 aliphatic carbocycles. The molecular weight excluding hydrogens is 400 g/mol. The van der Waals surface area contributed by atoms with Gasteiger partial charge in [0.1, 0.15) is 0 Å². The molecule has 0 N–H and O–H groups in total. The Morgan fingerprint density at radius 2 is 1.73 bits per heavy atom. The van der Waals surface area contributed by atoms with Crippen LogP contribution in [0.15, 0.2) is 24.3 Å². The highest BCUT2D eigenvalue weighted by Gasteiger charge is 2.32. The maximum absolute atomic E-state index is 12.9. The second-order valence-corrected chi connectivity index (χ2v) is 8.85. The minimum absolute atomic E-state index is 0.0288. The van der Waals surface area contributed by atoms with E-state index in [0.29, 0.717) is 40.9 Å². The summed E-state index contributed by atoms with van der Waals surface area (Å²) >= 11 is 1.27. The van der Waals surface area contributed by atoms with Crippen LogP contribution in [0.4, 0.5) is 9.93 Å². The van der Waals surface area contributed by atoms with E-state index in [4.69, 9.17) is 0 Å². The Hall–Kier alpha value is -2.74. The molecule has 0 atom stereocenters. The molecule has 3 heterocycles. The average molecular weight is 427 g/mol. The van der Waals surface area contributed by atoms with Crippen LogP contribution >= 0.6 is 11.3 Å². The van der Waals surface area contributed by atoms with Crippen LogP contribution in [0.25, 0.3) is 0 Å². The van der Waals surface area contributed by atoms with Crippen molar-refractivity contribution in [2.45, 2.75) is 39.7 Å². The fourth-order valence-corrected chi connectivity index (χ4v) is 4.97. The number of hydrogen-bond acceptors (Lipinski definition) is 5. The molecule has 3 amide bonds. The Bertz CT molecular complexity index is 963. The SMILES string of the molecule is CC(=O)c1sc(N2CCN(Cc3ccc(C(=O)N4CCCCC4)cc3)C2=O)nc1C. The van der Waals surface area contributed by atoms with Gasteiger partial charge in [0, 0.05) is 45.2 Å². The van der Waals surface area contributed by atoms with E-state index in [9.17, 15) is 14.4 Å². The molecule has 2 aliphatic heterocycles. The number of thiazole rings is 1. The van der Waals surface area contributed by atoms with Crippen molar-refractivity contribution in [3.05, 3.63) is 46.0 Å². The summed E-state index contributed by atoms with van der Waals surface area (Å²) in [7, 11) is 0. The molecule has 2 aliphatic rings. The minimum atomic E-state index is -0.104. The van der Waals surface area contributed by atoms with Gasteiger partial charge in [-0.3, -0.25) is 14.5 Å². The summed E-state index contributed by atoms with van der Waals surface area (Å²) in [5.41, 5.74) is 2.35. The number of rotatable bonds is 5. The van der Waals surface area contributed by atoms with Crippen LogP contribution in [0.5, 0.6) is 0 Å². The number of urea groups is 1. The van der Waals surface area contributed by atoms with Crippen molar-refractivity contribution >= 4 is 34.2 Å². The number of aryl methyl sites for hydroxylation is 1. The molecule has 0 bridgehead atoms. The molecule has 8 heteroatoms. The third-order valence-corrected chi connectivity index (χ3v) is 6.93. The van der Waals surface area contributed by atoms with Gasteiger partial charge in [-0.2, -0.15) is 0 Å². The Balaban J connectivity index is 1.40. The quantitative estimate of drug-likeness (QED) is 0.683. The van der Waals surface area contributed by atoms with Crippen LogP contribution in [0.2, 0.25) is 0 Å². The summed E-state index contributed by atoms with van der Waals surface area (Å²) in [6.07, 6.45) is 3.34. The van der Waals surface area contributed by atoms with Crippen molar-refractivity contribution in [3.63, 3.8) is 0 Å². The number of likely N-dealkylation sites (tertiary alicyclic amines) is 1. The number of carbonyl (C=O) groups excluding carboxylic acids is 3. The highest BCUT2D eigenvalue weighted by Crippen LogP contribution is 2.29. The fraction of sp³-hybridized carbons (Fsp3) is 0.455. The zero-order valence-electron chi connectivity index (χ0n) is 17.4. The Kier molecular flexibility index (Phi) is 5.85. The van der Waals surface area contributed by atoms with Gasteiger partial charge in [-0.25, -0.2) is 9.78 Å². The zero-order valence-corrected chi connectivity index (χ0v) is 18.2. The minimum Gasteiger partial charge on any atom is -0.339 e.